The lowest BCUT2D eigenvalue weighted by molar-refractivity contribution is -0.113. The molecule has 0 spiro atoms. The van der Waals surface area contributed by atoms with E-state index in [1.54, 1.807) is 23.3 Å². The fraction of sp³-hybridized carbons (Fsp3) is 0.0667. The molecule has 0 bridgehead atoms. The molecule has 3 rings (SSSR count). The van der Waals surface area contributed by atoms with Crippen LogP contribution in [0.4, 0.5) is 5.69 Å². The first-order valence-corrected chi connectivity index (χ1v) is 8.30. The summed E-state index contributed by atoms with van der Waals surface area (Å²) < 4.78 is 5.67. The zero-order valence-electron chi connectivity index (χ0n) is 11.1. The number of thiocarbonyl (C=S) groups is 1. The van der Waals surface area contributed by atoms with Gasteiger partial charge in [0.25, 0.3) is 5.91 Å². The zero-order valence-corrected chi connectivity index (χ0v) is 13.6. The van der Waals surface area contributed by atoms with Crippen LogP contribution in [0, 0.1) is 0 Å². The van der Waals surface area contributed by atoms with Gasteiger partial charge in [0.2, 0.25) is 0 Å². The van der Waals surface area contributed by atoms with Gasteiger partial charge in [0, 0.05) is 0 Å². The van der Waals surface area contributed by atoms with E-state index in [0.717, 1.165) is 17.0 Å². The third kappa shape index (κ3) is 2.88. The van der Waals surface area contributed by atoms with Gasteiger partial charge in [0.05, 0.1) is 17.7 Å². The summed E-state index contributed by atoms with van der Waals surface area (Å²) >= 11 is 8.26. The molecule has 106 valence electrons. The van der Waals surface area contributed by atoms with Crippen LogP contribution in [0.25, 0.3) is 6.08 Å². The molecule has 0 N–H and O–H groups in total. The Hall–Kier alpha value is -1.63. The van der Waals surface area contributed by atoms with Crippen LogP contribution in [0.1, 0.15) is 5.56 Å². The molecule has 1 aromatic carbocycles. The molecule has 2 aromatic rings. The average molecular weight is 333 g/mol. The van der Waals surface area contributed by atoms with Crippen LogP contribution >= 0.6 is 35.3 Å². The van der Waals surface area contributed by atoms with Crippen LogP contribution in [0.5, 0.6) is 5.75 Å². The van der Waals surface area contributed by atoms with Crippen molar-refractivity contribution in [3.8, 4) is 5.75 Å². The third-order valence-corrected chi connectivity index (χ3v) is 4.97. The fourth-order valence-corrected chi connectivity index (χ4v) is 3.85. The third-order valence-electron chi connectivity index (χ3n) is 2.97. The highest BCUT2D eigenvalue weighted by Gasteiger charge is 2.33. The molecule has 0 radical (unpaired) electrons. The predicted octanol–water partition coefficient (Wildman–Crippen LogP) is 4.16. The number of benzene rings is 1. The number of nitrogens with zero attached hydrogens (tertiary/aromatic N) is 1. The van der Waals surface area contributed by atoms with Crippen LogP contribution in [-0.4, -0.2) is 17.3 Å². The Morgan fingerprint density at radius 3 is 2.62 bits per heavy atom. The van der Waals surface area contributed by atoms with E-state index in [9.17, 15) is 4.79 Å². The number of hydrogen-bond donors (Lipinski definition) is 0. The Kier molecular flexibility index (Phi) is 4.10. The van der Waals surface area contributed by atoms with E-state index in [1.165, 1.54) is 11.8 Å². The first-order valence-electron chi connectivity index (χ1n) is 6.13. The van der Waals surface area contributed by atoms with E-state index in [4.69, 9.17) is 17.0 Å². The lowest BCUT2D eigenvalue weighted by Crippen LogP contribution is -2.27. The average Bonchev–Trinajstić information content (AvgIpc) is 3.09. The number of carbonyl (C=O) groups excluding carboxylic acids is 1. The van der Waals surface area contributed by atoms with Gasteiger partial charge < -0.3 is 4.74 Å². The number of anilines is 1. The van der Waals surface area contributed by atoms with E-state index < -0.39 is 0 Å². The molecule has 3 nitrogen and oxygen atoms in total. The Labute approximate surface area is 136 Å². The number of amides is 1. The second-order valence-electron chi connectivity index (χ2n) is 4.27. The first-order chi connectivity index (χ1) is 10.2. The van der Waals surface area contributed by atoms with Crippen LogP contribution in [0.15, 0.2) is 46.0 Å². The topological polar surface area (TPSA) is 29.5 Å². The maximum Gasteiger partial charge on any atom is 0.270 e. The maximum absolute atomic E-state index is 12.5. The molecular weight excluding hydrogens is 322 g/mol. The monoisotopic (exact) mass is 333 g/mol. The van der Waals surface area contributed by atoms with Gasteiger partial charge in [0.1, 0.15) is 5.75 Å². The maximum atomic E-state index is 12.5. The van der Waals surface area contributed by atoms with Gasteiger partial charge in [-0.3, -0.25) is 9.69 Å². The van der Waals surface area contributed by atoms with Crippen molar-refractivity contribution in [1.82, 2.24) is 0 Å². The van der Waals surface area contributed by atoms with Crippen molar-refractivity contribution in [2.75, 3.05) is 12.0 Å². The van der Waals surface area contributed by atoms with E-state index >= 15 is 0 Å². The van der Waals surface area contributed by atoms with Crippen LogP contribution in [0.3, 0.4) is 0 Å². The highest BCUT2D eigenvalue weighted by Crippen LogP contribution is 2.36. The first kappa shape index (κ1) is 14.3. The van der Waals surface area contributed by atoms with Crippen molar-refractivity contribution in [3.05, 3.63) is 51.6 Å². The molecule has 1 aromatic heterocycles. The van der Waals surface area contributed by atoms with Gasteiger partial charge in [-0.25, -0.2) is 0 Å². The van der Waals surface area contributed by atoms with E-state index in [0.29, 0.717) is 9.23 Å². The van der Waals surface area contributed by atoms with Crippen molar-refractivity contribution in [2.45, 2.75) is 0 Å². The number of rotatable bonds is 3. The lowest BCUT2D eigenvalue weighted by Gasteiger charge is -2.14. The molecule has 0 saturated carbocycles. The van der Waals surface area contributed by atoms with Gasteiger partial charge in [-0.05, 0) is 52.7 Å². The fourth-order valence-electron chi connectivity index (χ4n) is 1.93. The van der Waals surface area contributed by atoms with Gasteiger partial charge in [0.15, 0.2) is 4.32 Å². The molecular formula is C15H11NO2S3. The summed E-state index contributed by atoms with van der Waals surface area (Å²) in [5.41, 5.74) is 1.78. The second kappa shape index (κ2) is 6.01. The summed E-state index contributed by atoms with van der Waals surface area (Å²) in [7, 11) is 1.61. The minimum atomic E-state index is -0.0821. The van der Waals surface area contributed by atoms with E-state index in [2.05, 4.69) is 0 Å². The van der Waals surface area contributed by atoms with Gasteiger partial charge >= 0.3 is 0 Å². The summed E-state index contributed by atoms with van der Waals surface area (Å²) in [4.78, 5) is 14.7. The Balaban J connectivity index is 1.90. The van der Waals surface area contributed by atoms with Crippen molar-refractivity contribution in [1.29, 1.82) is 0 Å². The number of methoxy groups -OCH3 is 1. The molecule has 0 atom stereocenters. The molecule has 0 aliphatic carbocycles. The minimum absolute atomic E-state index is 0.0821. The van der Waals surface area contributed by atoms with Crippen molar-refractivity contribution >= 4 is 57.3 Å². The summed E-state index contributed by atoms with van der Waals surface area (Å²) in [6, 6.07) is 9.27. The molecule has 2 heterocycles. The molecule has 1 fully saturated rings. The van der Waals surface area contributed by atoms with Crippen LogP contribution in [-0.2, 0) is 4.79 Å². The number of hydrogen-bond acceptors (Lipinski definition) is 5. The Morgan fingerprint density at radius 2 is 2.00 bits per heavy atom. The zero-order chi connectivity index (χ0) is 14.8. The van der Waals surface area contributed by atoms with Crippen molar-refractivity contribution in [2.24, 2.45) is 0 Å². The van der Waals surface area contributed by atoms with Crippen LogP contribution < -0.4 is 9.64 Å². The molecule has 0 unspecified atom stereocenters. The Morgan fingerprint density at radius 1 is 1.24 bits per heavy atom. The van der Waals surface area contributed by atoms with Crippen molar-refractivity contribution in [3.63, 3.8) is 0 Å². The number of thiophene rings is 1. The van der Waals surface area contributed by atoms with Gasteiger partial charge in [-0.15, -0.1) is 0 Å². The quantitative estimate of drug-likeness (QED) is 0.623. The number of carbonyl (C=O) groups is 1. The highest BCUT2D eigenvalue weighted by atomic mass is 32.2. The molecule has 6 heteroatoms. The highest BCUT2D eigenvalue weighted by molar-refractivity contribution is 8.27. The molecule has 1 saturated heterocycles. The summed E-state index contributed by atoms with van der Waals surface area (Å²) in [6.45, 7) is 0. The van der Waals surface area contributed by atoms with Gasteiger partial charge in [-0.2, -0.15) is 11.3 Å². The molecule has 21 heavy (non-hydrogen) atoms. The van der Waals surface area contributed by atoms with E-state index in [-0.39, 0.29) is 5.91 Å². The number of ether oxygens (including phenoxy) is 1. The molecule has 1 aliphatic rings. The van der Waals surface area contributed by atoms with Gasteiger partial charge in [-0.1, -0.05) is 24.0 Å². The largest absolute Gasteiger partial charge is 0.497 e. The smallest absolute Gasteiger partial charge is 0.270 e. The Bertz CT molecular complexity index is 705. The summed E-state index contributed by atoms with van der Waals surface area (Å²) in [5, 5.41) is 3.98. The van der Waals surface area contributed by atoms with E-state index in [1.807, 2.05) is 47.2 Å². The minimum Gasteiger partial charge on any atom is -0.497 e. The normalized spacial score (nSPS) is 16.8. The predicted molar refractivity (Wildman–Crippen MR) is 93.0 cm³/mol. The van der Waals surface area contributed by atoms with Crippen molar-refractivity contribution < 1.29 is 9.53 Å². The lowest BCUT2D eigenvalue weighted by atomic mass is 10.2. The standard InChI is InChI=1S/C15H11NO2S3/c1-18-12-4-2-11(3-5-12)16-14(17)13(21-15(16)19)8-10-6-7-20-9-10/h2-9H,1H3/b13-8-. The number of thioether (sulfide) groups is 1. The SMILES string of the molecule is COc1ccc(N2C(=O)/C(=C/c3ccsc3)SC2=S)cc1. The molecule has 1 aliphatic heterocycles. The molecule has 1 amide bonds. The second-order valence-corrected chi connectivity index (χ2v) is 6.73. The summed E-state index contributed by atoms with van der Waals surface area (Å²) in [5.74, 6) is 0.666. The summed E-state index contributed by atoms with van der Waals surface area (Å²) in [6.07, 6.45) is 1.87. The van der Waals surface area contributed by atoms with Crippen LogP contribution in [0.2, 0.25) is 0 Å².